The molecule has 1 aliphatic heterocycles. The van der Waals surface area contributed by atoms with Gasteiger partial charge in [0.15, 0.2) is 0 Å². The van der Waals surface area contributed by atoms with Gasteiger partial charge in [-0.15, -0.1) is 0 Å². The molecular weight excluding hydrogens is 364 g/mol. The minimum atomic E-state index is -3.52. The number of rotatable bonds is 3. The summed E-state index contributed by atoms with van der Waals surface area (Å²) in [6.45, 7) is 6.84. The third-order valence-electron chi connectivity index (χ3n) is 3.65. The van der Waals surface area contributed by atoms with Crippen molar-refractivity contribution in [3.05, 3.63) is 27.7 Å². The molecule has 1 aromatic rings. The normalized spacial score (nSPS) is 22.1. The number of benzene rings is 1. The summed E-state index contributed by atoms with van der Waals surface area (Å²) in [6.07, 6.45) is 0. The molecule has 0 bridgehead atoms. The van der Waals surface area contributed by atoms with Crippen molar-refractivity contribution in [2.45, 2.75) is 24.8 Å². The quantitative estimate of drug-likeness (QED) is 0.808. The number of hydrogen-bond donors (Lipinski definition) is 0. The molecular formula is C13H18BrClN2O2S. The van der Waals surface area contributed by atoms with E-state index in [0.717, 1.165) is 17.6 Å². The van der Waals surface area contributed by atoms with Gasteiger partial charge in [-0.1, -0.05) is 34.5 Å². The average Bonchev–Trinajstić information content (AvgIpc) is 2.38. The lowest BCUT2D eigenvalue weighted by Crippen LogP contribution is -2.53. The number of halogens is 2. The monoisotopic (exact) mass is 380 g/mol. The topological polar surface area (TPSA) is 40.6 Å². The van der Waals surface area contributed by atoms with Crippen LogP contribution in [0.15, 0.2) is 27.6 Å². The molecule has 1 unspecified atom stereocenters. The second-order valence-electron chi connectivity index (χ2n) is 4.92. The Balaban J connectivity index is 2.27. The Kier molecular flexibility index (Phi) is 5.13. The molecule has 20 heavy (non-hydrogen) atoms. The van der Waals surface area contributed by atoms with Crippen molar-refractivity contribution in [1.29, 1.82) is 0 Å². The first-order valence-corrected chi connectivity index (χ1v) is 9.16. The highest BCUT2D eigenvalue weighted by atomic mass is 79.9. The molecule has 1 heterocycles. The zero-order chi connectivity index (χ0) is 14.9. The van der Waals surface area contributed by atoms with Gasteiger partial charge in [0.2, 0.25) is 10.0 Å². The van der Waals surface area contributed by atoms with Gasteiger partial charge < -0.3 is 0 Å². The van der Waals surface area contributed by atoms with E-state index >= 15 is 0 Å². The second kappa shape index (κ2) is 6.32. The first-order valence-electron chi connectivity index (χ1n) is 6.55. The first-order chi connectivity index (χ1) is 9.36. The van der Waals surface area contributed by atoms with Crippen LogP contribution in [0, 0.1) is 0 Å². The van der Waals surface area contributed by atoms with Crippen molar-refractivity contribution < 1.29 is 8.42 Å². The number of hydrogen-bond acceptors (Lipinski definition) is 3. The molecule has 0 saturated carbocycles. The summed E-state index contributed by atoms with van der Waals surface area (Å²) in [5, 5.41) is 0.255. The molecule has 0 amide bonds. The number of sulfonamides is 1. The third kappa shape index (κ3) is 3.20. The highest BCUT2D eigenvalue weighted by Gasteiger charge is 2.32. The molecule has 0 N–H and O–H groups in total. The first kappa shape index (κ1) is 16.2. The maximum absolute atomic E-state index is 12.7. The minimum absolute atomic E-state index is 0.180. The summed E-state index contributed by atoms with van der Waals surface area (Å²) in [6, 6.07) is 5.08. The zero-order valence-corrected chi connectivity index (χ0v) is 14.7. The predicted molar refractivity (Wildman–Crippen MR) is 84.6 cm³/mol. The lowest BCUT2D eigenvalue weighted by Gasteiger charge is -2.38. The Morgan fingerprint density at radius 3 is 2.65 bits per heavy atom. The van der Waals surface area contributed by atoms with Crippen molar-refractivity contribution in [2.24, 2.45) is 0 Å². The van der Waals surface area contributed by atoms with Crippen LogP contribution >= 0.6 is 27.5 Å². The Labute approximate surface area is 133 Å². The van der Waals surface area contributed by atoms with Crippen LogP contribution in [-0.4, -0.2) is 49.8 Å². The van der Waals surface area contributed by atoms with Gasteiger partial charge in [-0.05, 0) is 31.7 Å². The molecule has 1 aliphatic rings. The van der Waals surface area contributed by atoms with Crippen LogP contribution in [0.1, 0.15) is 13.8 Å². The summed E-state index contributed by atoms with van der Waals surface area (Å²) in [5.41, 5.74) is 0. The van der Waals surface area contributed by atoms with Gasteiger partial charge in [-0.3, -0.25) is 4.90 Å². The summed E-state index contributed by atoms with van der Waals surface area (Å²) in [5.74, 6) is 0. The molecule has 4 nitrogen and oxygen atoms in total. The van der Waals surface area contributed by atoms with Crippen molar-refractivity contribution >= 4 is 37.6 Å². The van der Waals surface area contributed by atoms with Gasteiger partial charge in [0.1, 0.15) is 4.90 Å². The molecule has 1 atom stereocenters. The lowest BCUT2D eigenvalue weighted by molar-refractivity contribution is 0.135. The molecule has 2 rings (SSSR count). The van der Waals surface area contributed by atoms with Gasteiger partial charge in [-0.25, -0.2) is 8.42 Å². The van der Waals surface area contributed by atoms with Gasteiger partial charge >= 0.3 is 0 Å². The summed E-state index contributed by atoms with van der Waals surface area (Å²) < 4.78 is 27.6. The van der Waals surface area contributed by atoms with Crippen molar-refractivity contribution in [3.8, 4) is 0 Å². The van der Waals surface area contributed by atoms with E-state index in [0.29, 0.717) is 13.1 Å². The van der Waals surface area contributed by atoms with Gasteiger partial charge in [0.25, 0.3) is 0 Å². The Morgan fingerprint density at radius 2 is 2.10 bits per heavy atom. The van der Waals surface area contributed by atoms with Crippen LogP contribution in [0.25, 0.3) is 0 Å². The zero-order valence-electron chi connectivity index (χ0n) is 11.5. The fourth-order valence-electron chi connectivity index (χ4n) is 2.47. The molecule has 1 aromatic carbocycles. The van der Waals surface area contributed by atoms with E-state index in [-0.39, 0.29) is 16.0 Å². The molecule has 0 aliphatic carbocycles. The molecule has 7 heteroatoms. The third-order valence-corrected chi connectivity index (χ3v) is 6.49. The van der Waals surface area contributed by atoms with E-state index in [4.69, 9.17) is 11.6 Å². The van der Waals surface area contributed by atoms with E-state index in [1.807, 2.05) is 6.92 Å². The van der Waals surface area contributed by atoms with Crippen LogP contribution in [0.5, 0.6) is 0 Å². The maximum atomic E-state index is 12.7. The fourth-order valence-corrected chi connectivity index (χ4v) is 5.00. The predicted octanol–water partition coefficient (Wildman–Crippen LogP) is 2.82. The van der Waals surface area contributed by atoms with Crippen LogP contribution in [0.2, 0.25) is 5.02 Å². The molecule has 0 aromatic heterocycles. The Hall–Kier alpha value is -0.140. The number of nitrogens with zero attached hydrogens (tertiary/aromatic N) is 2. The largest absolute Gasteiger partial charge is 0.298 e. The number of piperazine rings is 1. The molecule has 0 radical (unpaired) electrons. The fraction of sp³-hybridized carbons (Fsp3) is 0.538. The highest BCUT2D eigenvalue weighted by molar-refractivity contribution is 9.10. The van der Waals surface area contributed by atoms with Crippen LogP contribution in [-0.2, 0) is 10.0 Å². The Bertz CT molecular complexity index is 594. The van der Waals surface area contributed by atoms with E-state index in [1.54, 1.807) is 18.2 Å². The van der Waals surface area contributed by atoms with Crippen molar-refractivity contribution in [2.75, 3.05) is 26.2 Å². The highest BCUT2D eigenvalue weighted by Crippen LogP contribution is 2.28. The molecule has 112 valence electrons. The Morgan fingerprint density at radius 1 is 1.40 bits per heavy atom. The van der Waals surface area contributed by atoms with E-state index in [2.05, 4.69) is 27.8 Å². The van der Waals surface area contributed by atoms with E-state index in [9.17, 15) is 8.42 Å². The summed E-state index contributed by atoms with van der Waals surface area (Å²) in [4.78, 5) is 2.45. The maximum Gasteiger partial charge on any atom is 0.244 e. The van der Waals surface area contributed by atoms with Gasteiger partial charge in [-0.2, -0.15) is 4.31 Å². The van der Waals surface area contributed by atoms with Crippen molar-refractivity contribution in [1.82, 2.24) is 9.21 Å². The van der Waals surface area contributed by atoms with Crippen LogP contribution in [0.3, 0.4) is 0 Å². The van der Waals surface area contributed by atoms with Gasteiger partial charge in [0.05, 0.1) is 5.02 Å². The molecule has 1 fully saturated rings. The van der Waals surface area contributed by atoms with E-state index in [1.165, 1.54) is 4.31 Å². The number of likely N-dealkylation sites (N-methyl/N-ethyl adjacent to an activating group) is 1. The van der Waals surface area contributed by atoms with Crippen LogP contribution < -0.4 is 0 Å². The summed E-state index contributed by atoms with van der Waals surface area (Å²) in [7, 11) is -3.52. The SMILES string of the molecule is CCN1CCN(S(=O)(=O)c2ccc(Br)cc2Cl)CC1C. The lowest BCUT2D eigenvalue weighted by atomic mass is 10.2. The minimum Gasteiger partial charge on any atom is -0.298 e. The van der Waals surface area contributed by atoms with Crippen molar-refractivity contribution in [3.63, 3.8) is 0 Å². The second-order valence-corrected chi connectivity index (χ2v) is 8.14. The summed E-state index contributed by atoms with van der Waals surface area (Å²) >= 11 is 9.37. The smallest absolute Gasteiger partial charge is 0.244 e. The van der Waals surface area contributed by atoms with Gasteiger partial charge in [0, 0.05) is 30.1 Å². The standard InChI is InChI=1S/C13H18BrClN2O2S/c1-3-16-6-7-17(9-10(16)2)20(18,19)13-5-4-11(14)8-12(13)15/h4-5,8,10H,3,6-7,9H2,1-2H3. The molecule has 1 saturated heterocycles. The average molecular weight is 382 g/mol. The molecule has 0 spiro atoms. The van der Waals surface area contributed by atoms with Crippen LogP contribution in [0.4, 0.5) is 0 Å². The van der Waals surface area contributed by atoms with E-state index < -0.39 is 10.0 Å².